The molecule has 1 saturated heterocycles. The molecule has 0 amide bonds. The molecule has 0 aromatic heterocycles. The second-order valence-corrected chi connectivity index (χ2v) is 5.35. The summed E-state index contributed by atoms with van der Waals surface area (Å²) in [5.74, 6) is 0. The molecule has 1 aromatic carbocycles. The van der Waals surface area contributed by atoms with Gasteiger partial charge in [-0.05, 0) is 31.4 Å². The Morgan fingerprint density at radius 1 is 1.28 bits per heavy atom. The van der Waals surface area contributed by atoms with Gasteiger partial charge in [-0.15, -0.1) is 0 Å². The molecular formula is C15H25N3. The highest BCUT2D eigenvalue weighted by atomic mass is 15.2. The minimum atomic E-state index is 0.166. The Kier molecular flexibility index (Phi) is 4.75. The largest absolute Gasteiger partial charge is 0.324 e. The highest BCUT2D eigenvalue weighted by molar-refractivity contribution is 5.32. The minimum Gasteiger partial charge on any atom is -0.324 e. The number of hydrogen-bond donors (Lipinski definition) is 2. The van der Waals surface area contributed by atoms with Gasteiger partial charge in [-0.2, -0.15) is 0 Å². The van der Waals surface area contributed by atoms with Gasteiger partial charge < -0.3 is 16.0 Å². The van der Waals surface area contributed by atoms with Gasteiger partial charge in [0, 0.05) is 38.8 Å². The van der Waals surface area contributed by atoms with E-state index in [0.29, 0.717) is 0 Å². The molecule has 1 aliphatic heterocycles. The van der Waals surface area contributed by atoms with E-state index in [2.05, 4.69) is 42.3 Å². The number of hydrogen-bond acceptors (Lipinski definition) is 3. The van der Waals surface area contributed by atoms with Gasteiger partial charge in [0.1, 0.15) is 0 Å². The molecule has 1 aliphatic rings. The standard InChI is InChI=1S/C15H25N3/c1-12-3-4-13(2)14(11-12)15(16)5-8-18-9-6-17-7-10-18/h3-4,11,15,17H,5-10,16H2,1-2H3. The van der Waals surface area contributed by atoms with Crippen molar-refractivity contribution in [1.29, 1.82) is 0 Å². The molecule has 0 aliphatic carbocycles. The monoisotopic (exact) mass is 247 g/mol. The Hall–Kier alpha value is -0.900. The van der Waals surface area contributed by atoms with E-state index in [0.717, 1.165) is 39.1 Å². The third kappa shape index (κ3) is 3.55. The van der Waals surface area contributed by atoms with E-state index in [-0.39, 0.29) is 6.04 Å². The Balaban J connectivity index is 1.90. The molecule has 0 spiro atoms. The van der Waals surface area contributed by atoms with Gasteiger partial charge in [0.15, 0.2) is 0 Å². The maximum absolute atomic E-state index is 6.34. The number of aryl methyl sites for hydroxylation is 2. The summed E-state index contributed by atoms with van der Waals surface area (Å²) in [7, 11) is 0. The molecule has 1 atom stereocenters. The van der Waals surface area contributed by atoms with Crippen LogP contribution in [0.5, 0.6) is 0 Å². The van der Waals surface area contributed by atoms with Crippen LogP contribution in [-0.2, 0) is 0 Å². The van der Waals surface area contributed by atoms with Crippen LogP contribution in [0.4, 0.5) is 0 Å². The van der Waals surface area contributed by atoms with Crippen LogP contribution in [0.2, 0.25) is 0 Å². The highest BCUT2D eigenvalue weighted by Gasteiger charge is 2.13. The van der Waals surface area contributed by atoms with Crippen LogP contribution in [0, 0.1) is 13.8 Å². The molecule has 100 valence electrons. The zero-order chi connectivity index (χ0) is 13.0. The average molecular weight is 247 g/mol. The Labute approximate surface area is 110 Å². The summed E-state index contributed by atoms with van der Waals surface area (Å²) in [6, 6.07) is 6.73. The fraction of sp³-hybridized carbons (Fsp3) is 0.600. The van der Waals surface area contributed by atoms with Gasteiger partial charge in [0.25, 0.3) is 0 Å². The zero-order valence-corrected chi connectivity index (χ0v) is 11.6. The first-order chi connectivity index (χ1) is 8.66. The molecule has 1 aromatic rings. The van der Waals surface area contributed by atoms with Gasteiger partial charge in [-0.25, -0.2) is 0 Å². The van der Waals surface area contributed by atoms with Crippen LogP contribution < -0.4 is 11.1 Å². The number of piperazine rings is 1. The lowest BCUT2D eigenvalue weighted by atomic mass is 9.97. The molecule has 2 rings (SSSR count). The van der Waals surface area contributed by atoms with E-state index in [1.807, 2.05) is 0 Å². The molecule has 18 heavy (non-hydrogen) atoms. The summed E-state index contributed by atoms with van der Waals surface area (Å²) in [5, 5.41) is 3.38. The van der Waals surface area contributed by atoms with Crippen LogP contribution in [0.3, 0.4) is 0 Å². The summed E-state index contributed by atoms with van der Waals surface area (Å²) < 4.78 is 0. The van der Waals surface area contributed by atoms with Crippen molar-refractivity contribution in [2.75, 3.05) is 32.7 Å². The highest BCUT2D eigenvalue weighted by Crippen LogP contribution is 2.20. The van der Waals surface area contributed by atoms with Crippen molar-refractivity contribution in [1.82, 2.24) is 10.2 Å². The zero-order valence-electron chi connectivity index (χ0n) is 11.6. The molecule has 1 unspecified atom stereocenters. The summed E-state index contributed by atoms with van der Waals surface area (Å²) in [4.78, 5) is 2.50. The molecule has 3 N–H and O–H groups in total. The Morgan fingerprint density at radius 3 is 2.72 bits per heavy atom. The van der Waals surface area contributed by atoms with Crippen LogP contribution in [0.15, 0.2) is 18.2 Å². The van der Waals surface area contributed by atoms with Crippen molar-refractivity contribution >= 4 is 0 Å². The fourth-order valence-electron chi connectivity index (χ4n) is 2.57. The summed E-state index contributed by atoms with van der Waals surface area (Å²) in [6.07, 6.45) is 1.05. The van der Waals surface area contributed by atoms with Gasteiger partial charge in [0.05, 0.1) is 0 Å². The first kappa shape index (κ1) is 13.5. The van der Waals surface area contributed by atoms with Gasteiger partial charge in [0.2, 0.25) is 0 Å². The predicted molar refractivity (Wildman–Crippen MR) is 76.8 cm³/mol. The average Bonchev–Trinajstić information content (AvgIpc) is 2.40. The van der Waals surface area contributed by atoms with E-state index in [9.17, 15) is 0 Å². The van der Waals surface area contributed by atoms with Crippen molar-refractivity contribution in [3.8, 4) is 0 Å². The molecule has 1 fully saturated rings. The topological polar surface area (TPSA) is 41.3 Å². The van der Waals surface area contributed by atoms with E-state index in [1.54, 1.807) is 0 Å². The van der Waals surface area contributed by atoms with E-state index in [4.69, 9.17) is 5.73 Å². The molecule has 3 nitrogen and oxygen atoms in total. The predicted octanol–water partition coefficient (Wildman–Crippen LogP) is 1.60. The molecule has 0 saturated carbocycles. The third-order valence-electron chi connectivity index (χ3n) is 3.80. The van der Waals surface area contributed by atoms with Crippen LogP contribution in [0.1, 0.15) is 29.2 Å². The third-order valence-corrected chi connectivity index (χ3v) is 3.80. The maximum Gasteiger partial charge on any atom is 0.0309 e. The Bertz CT molecular complexity index is 383. The number of nitrogens with zero attached hydrogens (tertiary/aromatic N) is 1. The number of benzene rings is 1. The smallest absolute Gasteiger partial charge is 0.0309 e. The summed E-state index contributed by atoms with van der Waals surface area (Å²) >= 11 is 0. The van der Waals surface area contributed by atoms with Gasteiger partial charge in [-0.3, -0.25) is 0 Å². The fourth-order valence-corrected chi connectivity index (χ4v) is 2.57. The van der Waals surface area contributed by atoms with E-state index < -0.39 is 0 Å². The van der Waals surface area contributed by atoms with Crippen molar-refractivity contribution < 1.29 is 0 Å². The quantitative estimate of drug-likeness (QED) is 0.849. The van der Waals surface area contributed by atoms with E-state index >= 15 is 0 Å². The second-order valence-electron chi connectivity index (χ2n) is 5.35. The Morgan fingerprint density at radius 2 is 2.00 bits per heavy atom. The van der Waals surface area contributed by atoms with Crippen molar-refractivity contribution in [2.24, 2.45) is 5.73 Å². The van der Waals surface area contributed by atoms with Crippen LogP contribution in [0.25, 0.3) is 0 Å². The molecular weight excluding hydrogens is 222 g/mol. The van der Waals surface area contributed by atoms with Crippen LogP contribution >= 0.6 is 0 Å². The summed E-state index contributed by atoms with van der Waals surface area (Å²) in [6.45, 7) is 9.91. The SMILES string of the molecule is Cc1ccc(C)c(C(N)CCN2CCNCC2)c1. The minimum absolute atomic E-state index is 0.166. The van der Waals surface area contributed by atoms with E-state index in [1.165, 1.54) is 16.7 Å². The summed E-state index contributed by atoms with van der Waals surface area (Å²) in [5.41, 5.74) is 10.3. The van der Waals surface area contributed by atoms with Crippen molar-refractivity contribution in [3.05, 3.63) is 34.9 Å². The van der Waals surface area contributed by atoms with Gasteiger partial charge >= 0.3 is 0 Å². The number of nitrogens with two attached hydrogens (primary N) is 1. The lowest BCUT2D eigenvalue weighted by Gasteiger charge is -2.28. The van der Waals surface area contributed by atoms with Crippen LogP contribution in [-0.4, -0.2) is 37.6 Å². The second kappa shape index (κ2) is 6.32. The van der Waals surface area contributed by atoms with Crippen molar-refractivity contribution in [3.63, 3.8) is 0 Å². The molecule has 3 heteroatoms. The normalized spacial score (nSPS) is 18.8. The molecule has 0 radical (unpaired) electrons. The molecule has 1 heterocycles. The van der Waals surface area contributed by atoms with Gasteiger partial charge in [-0.1, -0.05) is 23.8 Å². The lowest BCUT2D eigenvalue weighted by Crippen LogP contribution is -2.44. The number of rotatable bonds is 4. The van der Waals surface area contributed by atoms with Crippen molar-refractivity contribution in [2.45, 2.75) is 26.3 Å². The molecule has 0 bridgehead atoms. The number of nitrogens with one attached hydrogen (secondary N) is 1. The lowest BCUT2D eigenvalue weighted by molar-refractivity contribution is 0.233. The first-order valence-electron chi connectivity index (χ1n) is 6.92. The maximum atomic E-state index is 6.34. The first-order valence-corrected chi connectivity index (χ1v) is 6.92.